The lowest BCUT2D eigenvalue weighted by Crippen LogP contribution is -2.61. The van der Waals surface area contributed by atoms with Crippen LogP contribution in [0.5, 0.6) is 0 Å². The molecule has 0 spiro atoms. The summed E-state index contributed by atoms with van der Waals surface area (Å²) < 4.78 is 2.74. The molecule has 1 aromatic heterocycles. The molecule has 0 radical (unpaired) electrons. The van der Waals surface area contributed by atoms with Crippen molar-refractivity contribution in [3.8, 4) is 22.3 Å². The van der Waals surface area contributed by atoms with E-state index in [1.54, 1.807) is 0 Å². The van der Waals surface area contributed by atoms with Gasteiger partial charge in [0.05, 0.1) is 11.4 Å². The van der Waals surface area contributed by atoms with Gasteiger partial charge < -0.3 is 9.80 Å². The van der Waals surface area contributed by atoms with Crippen molar-refractivity contribution in [2.24, 2.45) is 0 Å². The summed E-state index contributed by atoms with van der Waals surface area (Å²) in [6, 6.07) is 62.6. The van der Waals surface area contributed by atoms with E-state index in [1.165, 1.54) is 141 Å². The van der Waals surface area contributed by atoms with E-state index in [0.29, 0.717) is 0 Å². The number of para-hydroxylation sites is 1. The minimum Gasteiger partial charge on any atom is -0.311 e. The van der Waals surface area contributed by atoms with Crippen LogP contribution in [-0.2, 0) is 25.7 Å². The molecule has 286 valence electrons. The molecular formula is C56H43BN2S. The second kappa shape index (κ2) is 13.6. The first kappa shape index (κ1) is 34.5. The SMILES string of the molecule is c1ccc(-c2c(N3c4ccccc4B4c5c3cccc5N(c3ccc5c(c3-c3ccccc3)CCCC5)c3ccc5c(sc6ccccc65)c34)ccc3c2CCCC3)cc1. The molecule has 0 saturated heterocycles. The molecule has 9 aromatic rings. The second-order valence-corrected chi connectivity index (χ2v) is 18.2. The van der Waals surface area contributed by atoms with E-state index in [4.69, 9.17) is 0 Å². The number of rotatable bonds is 4. The molecule has 4 aliphatic rings. The normalized spacial score (nSPS) is 15.0. The quantitative estimate of drug-likeness (QED) is 0.164. The number of hydrogen-bond acceptors (Lipinski definition) is 3. The molecule has 4 heteroatoms. The minimum atomic E-state index is 0.0577. The zero-order valence-electron chi connectivity index (χ0n) is 33.6. The molecule has 2 nitrogen and oxygen atoms in total. The van der Waals surface area contributed by atoms with Crippen LogP contribution in [-0.4, -0.2) is 6.71 Å². The summed E-state index contributed by atoms with van der Waals surface area (Å²) in [5.41, 5.74) is 23.3. The van der Waals surface area contributed by atoms with Crippen molar-refractivity contribution in [3.05, 3.63) is 186 Å². The van der Waals surface area contributed by atoms with Gasteiger partial charge in [0.2, 0.25) is 0 Å². The Hall–Kier alpha value is -6.36. The molecule has 0 N–H and O–H groups in total. The molecule has 0 fully saturated rings. The average molecular weight is 787 g/mol. The monoisotopic (exact) mass is 786 g/mol. The van der Waals surface area contributed by atoms with Gasteiger partial charge in [-0.05, 0) is 149 Å². The van der Waals surface area contributed by atoms with Crippen LogP contribution in [0.15, 0.2) is 164 Å². The van der Waals surface area contributed by atoms with E-state index in [2.05, 4.69) is 174 Å². The van der Waals surface area contributed by atoms with Crippen LogP contribution < -0.4 is 26.2 Å². The molecule has 2 aliphatic heterocycles. The molecule has 0 atom stereocenters. The first-order valence-corrected chi connectivity index (χ1v) is 22.8. The number of hydrogen-bond donors (Lipinski definition) is 0. The highest BCUT2D eigenvalue weighted by molar-refractivity contribution is 7.28. The van der Waals surface area contributed by atoms with Crippen LogP contribution in [0.2, 0.25) is 0 Å². The topological polar surface area (TPSA) is 6.48 Å². The van der Waals surface area contributed by atoms with Crippen molar-refractivity contribution in [2.75, 3.05) is 9.80 Å². The number of nitrogens with zero attached hydrogens (tertiary/aromatic N) is 2. The Morgan fingerprint density at radius 2 is 0.900 bits per heavy atom. The van der Waals surface area contributed by atoms with Crippen LogP contribution >= 0.6 is 11.3 Å². The van der Waals surface area contributed by atoms with E-state index in [9.17, 15) is 0 Å². The van der Waals surface area contributed by atoms with Crippen LogP contribution in [0.1, 0.15) is 47.9 Å². The standard InChI is InChI=1S/C56H43BN2S/c1-3-18-38(19-4-1)52-40-22-9-7-16-36(40)30-33-46(52)58-45-26-13-12-25-44(45)57-54-48(58)27-15-28-49(54)59(50-35-32-43-42-24-11-14-29-51(42)60-56(43)55(50)57)47-34-31-37-17-8-10-23-41(37)53(47)39-20-5-2-6-21-39/h1-6,11-15,18-21,24-35H,7-10,16-17,22-23H2. The van der Waals surface area contributed by atoms with E-state index < -0.39 is 0 Å². The largest absolute Gasteiger partial charge is 0.311 e. The Kier molecular flexibility index (Phi) is 7.81. The van der Waals surface area contributed by atoms with Gasteiger partial charge in [0.1, 0.15) is 0 Å². The Labute approximate surface area is 356 Å². The minimum absolute atomic E-state index is 0.0577. The van der Waals surface area contributed by atoms with Gasteiger partial charge in [0.15, 0.2) is 0 Å². The zero-order valence-corrected chi connectivity index (χ0v) is 34.4. The second-order valence-electron chi connectivity index (χ2n) is 17.2. The van der Waals surface area contributed by atoms with Crippen LogP contribution in [0.3, 0.4) is 0 Å². The number of aryl methyl sites for hydroxylation is 2. The summed E-state index contributed by atoms with van der Waals surface area (Å²) >= 11 is 1.97. The molecule has 0 amide bonds. The molecule has 2 aliphatic carbocycles. The fraction of sp³-hybridized carbons (Fsp3) is 0.143. The summed E-state index contributed by atoms with van der Waals surface area (Å²) in [7, 11) is 0. The van der Waals surface area contributed by atoms with Gasteiger partial charge in [-0.15, -0.1) is 11.3 Å². The van der Waals surface area contributed by atoms with Crippen molar-refractivity contribution in [3.63, 3.8) is 0 Å². The van der Waals surface area contributed by atoms with Gasteiger partial charge in [-0.3, -0.25) is 0 Å². The Morgan fingerprint density at radius 1 is 0.383 bits per heavy atom. The fourth-order valence-electron chi connectivity index (χ4n) is 11.5. The number of anilines is 6. The summed E-state index contributed by atoms with van der Waals surface area (Å²) in [5.74, 6) is 0. The Morgan fingerprint density at radius 3 is 1.57 bits per heavy atom. The van der Waals surface area contributed by atoms with E-state index in [1.807, 2.05) is 11.3 Å². The van der Waals surface area contributed by atoms with E-state index in [-0.39, 0.29) is 6.71 Å². The maximum atomic E-state index is 2.67. The van der Waals surface area contributed by atoms with Crippen molar-refractivity contribution in [1.29, 1.82) is 0 Å². The molecule has 0 unspecified atom stereocenters. The fourth-order valence-corrected chi connectivity index (χ4v) is 12.8. The summed E-state index contributed by atoms with van der Waals surface area (Å²) in [4.78, 5) is 5.31. The first-order valence-electron chi connectivity index (χ1n) is 22.0. The smallest absolute Gasteiger partial charge is 0.254 e. The van der Waals surface area contributed by atoms with Crippen LogP contribution in [0.4, 0.5) is 34.1 Å². The third kappa shape index (κ3) is 5.01. The number of fused-ring (bicyclic) bond motifs is 10. The maximum Gasteiger partial charge on any atom is 0.254 e. The molecule has 8 aromatic carbocycles. The summed E-state index contributed by atoms with van der Waals surface area (Å²) in [5, 5.41) is 2.70. The van der Waals surface area contributed by atoms with Crippen LogP contribution in [0, 0.1) is 0 Å². The molecule has 0 bridgehead atoms. The van der Waals surface area contributed by atoms with Gasteiger partial charge in [-0.2, -0.15) is 0 Å². The van der Waals surface area contributed by atoms with Gasteiger partial charge in [0, 0.05) is 48.7 Å². The molecule has 3 heterocycles. The molecule has 0 saturated carbocycles. The number of thiophene rings is 1. The van der Waals surface area contributed by atoms with Crippen molar-refractivity contribution in [2.45, 2.75) is 51.4 Å². The summed E-state index contributed by atoms with van der Waals surface area (Å²) in [6.07, 6.45) is 9.50. The third-order valence-electron chi connectivity index (χ3n) is 14.0. The Balaban J connectivity index is 1.15. The maximum absolute atomic E-state index is 2.67. The van der Waals surface area contributed by atoms with E-state index in [0.717, 1.165) is 25.7 Å². The predicted molar refractivity (Wildman–Crippen MR) is 258 cm³/mol. The molecular weight excluding hydrogens is 744 g/mol. The molecule has 60 heavy (non-hydrogen) atoms. The summed E-state index contributed by atoms with van der Waals surface area (Å²) in [6.45, 7) is 0.0577. The average Bonchev–Trinajstić information content (AvgIpc) is 3.70. The van der Waals surface area contributed by atoms with E-state index >= 15 is 0 Å². The van der Waals surface area contributed by atoms with Gasteiger partial charge in [-0.1, -0.05) is 121 Å². The predicted octanol–water partition coefficient (Wildman–Crippen LogP) is 13.2. The third-order valence-corrected chi connectivity index (χ3v) is 15.3. The number of benzene rings is 8. The van der Waals surface area contributed by atoms with Crippen molar-refractivity contribution in [1.82, 2.24) is 0 Å². The zero-order chi connectivity index (χ0) is 39.3. The lowest BCUT2D eigenvalue weighted by Gasteiger charge is -2.45. The molecule has 13 rings (SSSR count). The lowest BCUT2D eigenvalue weighted by atomic mass is 9.33. The highest BCUT2D eigenvalue weighted by atomic mass is 32.1. The van der Waals surface area contributed by atoms with Crippen LogP contribution in [0.25, 0.3) is 42.4 Å². The highest BCUT2D eigenvalue weighted by Crippen LogP contribution is 2.51. The van der Waals surface area contributed by atoms with Gasteiger partial charge >= 0.3 is 0 Å². The van der Waals surface area contributed by atoms with Gasteiger partial charge in [-0.25, -0.2) is 0 Å². The van der Waals surface area contributed by atoms with Crippen molar-refractivity contribution < 1.29 is 0 Å². The highest BCUT2D eigenvalue weighted by Gasteiger charge is 2.45. The van der Waals surface area contributed by atoms with Crippen molar-refractivity contribution >= 4 is 88.7 Å². The van der Waals surface area contributed by atoms with Gasteiger partial charge in [0.25, 0.3) is 6.71 Å². The Bertz CT molecular complexity index is 3170. The lowest BCUT2D eigenvalue weighted by molar-refractivity contribution is 0.687. The first-order chi connectivity index (χ1) is 29.8.